The summed E-state index contributed by atoms with van der Waals surface area (Å²) < 4.78 is 13.7. The van der Waals surface area contributed by atoms with Gasteiger partial charge in [-0.2, -0.15) is 0 Å². The minimum atomic E-state index is -0.573. The molecule has 0 spiro atoms. The van der Waals surface area contributed by atoms with E-state index < -0.39 is 5.97 Å². The molecule has 0 fully saturated rings. The molecule has 164 valence electrons. The fraction of sp³-hybridized carbons (Fsp3) is 0.111. The molecular formula is C27H20ClNO4. The Morgan fingerprint density at radius 1 is 1.09 bits per heavy atom. The lowest BCUT2D eigenvalue weighted by Crippen LogP contribution is -2.10. The summed E-state index contributed by atoms with van der Waals surface area (Å²) >= 11 is 6.11. The van der Waals surface area contributed by atoms with Crippen molar-refractivity contribution < 1.29 is 19.1 Å². The van der Waals surface area contributed by atoms with E-state index in [0.717, 1.165) is 23.0 Å². The molecule has 0 radical (unpaired) electrons. The number of Topliss-reactive ketones (excluding diaryl/α,β-unsaturated/α-hetero) is 1. The summed E-state index contributed by atoms with van der Waals surface area (Å²) in [6.07, 6.45) is 3.78. The number of aryl methyl sites for hydroxylation is 1. The fourth-order valence-corrected chi connectivity index (χ4v) is 4.27. The van der Waals surface area contributed by atoms with Gasteiger partial charge in [0.05, 0.1) is 16.1 Å². The molecule has 1 aliphatic rings. The number of carbonyl (C=O) groups is 2. The number of allylic oxidation sites excluding steroid dienone is 1. The van der Waals surface area contributed by atoms with Gasteiger partial charge in [-0.05, 0) is 50.3 Å². The summed E-state index contributed by atoms with van der Waals surface area (Å²) in [6.45, 7) is 4.65. The topological polar surface area (TPSA) is 57.5 Å². The molecule has 0 saturated heterocycles. The van der Waals surface area contributed by atoms with Crippen LogP contribution in [0.3, 0.4) is 0 Å². The van der Waals surface area contributed by atoms with Crippen molar-refractivity contribution in [2.24, 2.45) is 0 Å². The van der Waals surface area contributed by atoms with Crippen LogP contribution < -0.4 is 9.47 Å². The van der Waals surface area contributed by atoms with Crippen molar-refractivity contribution >= 4 is 40.3 Å². The molecule has 0 bridgehead atoms. The number of aromatic nitrogens is 1. The second-order valence-electron chi connectivity index (χ2n) is 7.76. The maximum atomic E-state index is 13.0. The zero-order chi connectivity index (χ0) is 23.1. The Bertz CT molecular complexity index is 1460. The van der Waals surface area contributed by atoms with E-state index >= 15 is 0 Å². The molecular weight excluding hydrogens is 438 g/mol. The number of hydrogen-bond acceptors (Lipinski definition) is 4. The lowest BCUT2D eigenvalue weighted by molar-refractivity contribution is 0.0733. The summed E-state index contributed by atoms with van der Waals surface area (Å²) in [5, 5.41) is 1.36. The summed E-state index contributed by atoms with van der Waals surface area (Å²) in [5.41, 5.74) is 3.28. The number of fused-ring (bicyclic) bond motifs is 2. The molecule has 0 saturated carbocycles. The second kappa shape index (κ2) is 8.26. The van der Waals surface area contributed by atoms with Gasteiger partial charge in [0, 0.05) is 34.8 Å². The Morgan fingerprint density at radius 3 is 2.64 bits per heavy atom. The van der Waals surface area contributed by atoms with Crippen LogP contribution in [0.15, 0.2) is 72.6 Å². The quantitative estimate of drug-likeness (QED) is 0.200. The van der Waals surface area contributed by atoms with Gasteiger partial charge in [0.2, 0.25) is 5.78 Å². The van der Waals surface area contributed by atoms with E-state index in [1.165, 1.54) is 0 Å². The molecule has 1 aliphatic heterocycles. The van der Waals surface area contributed by atoms with Crippen molar-refractivity contribution in [2.75, 3.05) is 0 Å². The Balaban J connectivity index is 1.48. The lowest BCUT2D eigenvalue weighted by atomic mass is 10.1. The molecule has 2 heterocycles. The maximum Gasteiger partial charge on any atom is 0.345 e. The first-order valence-electron chi connectivity index (χ1n) is 10.6. The van der Waals surface area contributed by atoms with Crippen LogP contribution in [0, 0.1) is 6.92 Å². The van der Waals surface area contributed by atoms with Gasteiger partial charge >= 0.3 is 5.97 Å². The predicted molar refractivity (Wildman–Crippen MR) is 128 cm³/mol. The van der Waals surface area contributed by atoms with E-state index in [1.807, 2.05) is 24.4 Å². The molecule has 1 aromatic heterocycles. The first kappa shape index (κ1) is 21.0. The Morgan fingerprint density at radius 2 is 1.85 bits per heavy atom. The SMILES string of the molecule is CCn1cc(/C=C2/Oc3c(ccc(OC(=O)c4ccccc4Cl)c3C)C2=O)c2ccccc21. The van der Waals surface area contributed by atoms with Crippen LogP contribution in [0.1, 0.15) is 38.8 Å². The van der Waals surface area contributed by atoms with Gasteiger partial charge in [0.15, 0.2) is 5.76 Å². The number of benzene rings is 3. The number of ether oxygens (including phenoxy) is 2. The molecule has 4 aromatic rings. The molecule has 0 N–H and O–H groups in total. The zero-order valence-electron chi connectivity index (χ0n) is 18.1. The smallest absolute Gasteiger partial charge is 0.345 e. The van der Waals surface area contributed by atoms with Crippen molar-refractivity contribution in [1.29, 1.82) is 0 Å². The van der Waals surface area contributed by atoms with E-state index in [1.54, 1.807) is 49.4 Å². The minimum absolute atomic E-state index is 0.203. The van der Waals surface area contributed by atoms with Crippen molar-refractivity contribution in [1.82, 2.24) is 4.57 Å². The highest BCUT2D eigenvalue weighted by Gasteiger charge is 2.31. The predicted octanol–water partition coefficient (Wildman–Crippen LogP) is 6.46. The molecule has 0 unspecified atom stereocenters. The van der Waals surface area contributed by atoms with Crippen molar-refractivity contribution in [2.45, 2.75) is 20.4 Å². The number of esters is 1. The van der Waals surface area contributed by atoms with Gasteiger partial charge in [0.25, 0.3) is 0 Å². The van der Waals surface area contributed by atoms with Gasteiger partial charge in [0.1, 0.15) is 11.5 Å². The molecule has 3 aromatic carbocycles. The fourth-order valence-electron chi connectivity index (χ4n) is 4.05. The number of carbonyl (C=O) groups excluding carboxylic acids is 2. The van der Waals surface area contributed by atoms with E-state index in [4.69, 9.17) is 21.1 Å². The zero-order valence-corrected chi connectivity index (χ0v) is 18.8. The van der Waals surface area contributed by atoms with Crippen LogP contribution in [0.4, 0.5) is 0 Å². The molecule has 0 amide bonds. The number of ketones is 1. The molecule has 5 rings (SSSR count). The summed E-state index contributed by atoms with van der Waals surface area (Å²) in [4.78, 5) is 25.6. The van der Waals surface area contributed by atoms with E-state index in [-0.39, 0.29) is 17.1 Å². The van der Waals surface area contributed by atoms with Crippen LogP contribution in [0.5, 0.6) is 11.5 Å². The lowest BCUT2D eigenvalue weighted by Gasteiger charge is -2.10. The number of nitrogens with zero attached hydrogens (tertiary/aromatic N) is 1. The number of para-hydroxylation sites is 1. The molecule has 5 nitrogen and oxygen atoms in total. The maximum absolute atomic E-state index is 13.0. The van der Waals surface area contributed by atoms with Crippen molar-refractivity contribution in [3.05, 3.63) is 99.9 Å². The minimum Gasteiger partial charge on any atom is -0.452 e. The Labute approximate surface area is 195 Å². The Kier molecular flexibility index (Phi) is 5.27. The standard InChI is InChI=1S/C27H20ClNO4/c1-3-29-15-17(18-8-5-7-11-22(18)29)14-24-25(30)20-12-13-23(16(2)26(20)32-24)33-27(31)19-9-4-6-10-21(19)28/h4-15H,3H2,1-2H3/b24-14+. The molecule has 0 atom stereocenters. The van der Waals surface area contributed by atoms with Crippen LogP contribution in [0.2, 0.25) is 5.02 Å². The first-order chi connectivity index (χ1) is 16.0. The van der Waals surface area contributed by atoms with Gasteiger partial charge in [-0.15, -0.1) is 0 Å². The third-order valence-corrected chi connectivity index (χ3v) is 6.11. The van der Waals surface area contributed by atoms with E-state index in [2.05, 4.69) is 17.6 Å². The van der Waals surface area contributed by atoms with Crippen molar-refractivity contribution in [3.8, 4) is 11.5 Å². The first-order valence-corrected chi connectivity index (χ1v) is 11.0. The number of rotatable bonds is 4. The van der Waals surface area contributed by atoms with Crippen LogP contribution >= 0.6 is 11.6 Å². The van der Waals surface area contributed by atoms with Crippen molar-refractivity contribution in [3.63, 3.8) is 0 Å². The highest BCUT2D eigenvalue weighted by molar-refractivity contribution is 6.33. The number of hydrogen-bond donors (Lipinski definition) is 0. The van der Waals surface area contributed by atoms with Gasteiger partial charge in [-0.25, -0.2) is 4.79 Å². The molecule has 0 aliphatic carbocycles. The average molecular weight is 458 g/mol. The second-order valence-corrected chi connectivity index (χ2v) is 8.17. The summed E-state index contributed by atoms with van der Waals surface area (Å²) in [6, 6.07) is 18.0. The van der Waals surface area contributed by atoms with Crippen LogP contribution in [0.25, 0.3) is 17.0 Å². The third kappa shape index (κ3) is 3.60. The average Bonchev–Trinajstić information content (AvgIpc) is 3.34. The van der Waals surface area contributed by atoms with E-state index in [9.17, 15) is 9.59 Å². The molecule has 33 heavy (non-hydrogen) atoms. The summed E-state index contributed by atoms with van der Waals surface area (Å²) in [5.74, 6) is 0.174. The summed E-state index contributed by atoms with van der Waals surface area (Å²) in [7, 11) is 0. The highest BCUT2D eigenvalue weighted by atomic mass is 35.5. The van der Waals surface area contributed by atoms with Gasteiger partial charge in [-0.3, -0.25) is 4.79 Å². The van der Waals surface area contributed by atoms with Gasteiger partial charge < -0.3 is 14.0 Å². The number of halogens is 1. The van der Waals surface area contributed by atoms with Crippen LogP contribution in [-0.4, -0.2) is 16.3 Å². The highest BCUT2D eigenvalue weighted by Crippen LogP contribution is 2.40. The largest absolute Gasteiger partial charge is 0.452 e. The normalized spacial score (nSPS) is 13.9. The monoisotopic (exact) mass is 457 g/mol. The van der Waals surface area contributed by atoms with Crippen LogP contribution in [-0.2, 0) is 6.54 Å². The van der Waals surface area contributed by atoms with E-state index in [0.29, 0.717) is 27.6 Å². The molecule has 6 heteroatoms. The van der Waals surface area contributed by atoms with Gasteiger partial charge in [-0.1, -0.05) is 41.9 Å². The third-order valence-electron chi connectivity index (χ3n) is 5.78. The Hall–Kier alpha value is -3.83.